The summed E-state index contributed by atoms with van der Waals surface area (Å²) in [5, 5.41) is 38.5. The van der Waals surface area contributed by atoms with Gasteiger partial charge in [0.1, 0.15) is 42.3 Å². The van der Waals surface area contributed by atoms with Crippen LogP contribution in [0.3, 0.4) is 0 Å². The summed E-state index contributed by atoms with van der Waals surface area (Å²) in [6, 6.07) is 6.58. The smallest absolute Gasteiger partial charge is 0.409 e. The van der Waals surface area contributed by atoms with Gasteiger partial charge in [0.05, 0.1) is 24.5 Å². The van der Waals surface area contributed by atoms with Gasteiger partial charge < -0.3 is 30.2 Å². The molecule has 0 saturated carbocycles. The van der Waals surface area contributed by atoms with Gasteiger partial charge in [0, 0.05) is 12.4 Å². The average molecular weight is 662 g/mol. The largest absolute Gasteiger partial charge is 0.464 e. The molecule has 1 unspecified atom stereocenters. The van der Waals surface area contributed by atoms with Crippen LogP contribution >= 0.6 is 7.75 Å². The van der Waals surface area contributed by atoms with Crippen LogP contribution in [0.25, 0.3) is 5.52 Å². The SMILES string of the molecule is CCC(CC)COC(=O)[C@H](C)NP(=O)(OCOC(=O)c1cccnc1)OC[C@H]1O[C@@](C#N)(c2ccc3c(N)ncnn23)[C@H](O)[C@@H]1O. The Balaban J connectivity index is 1.50. The molecule has 17 nitrogen and oxygen atoms in total. The molecule has 18 heteroatoms. The Morgan fingerprint density at radius 3 is 2.67 bits per heavy atom. The third-order valence-electron chi connectivity index (χ3n) is 7.53. The van der Waals surface area contributed by atoms with E-state index < -0.39 is 63.0 Å². The van der Waals surface area contributed by atoms with E-state index >= 15 is 0 Å². The highest BCUT2D eigenvalue weighted by Gasteiger charge is 2.58. The van der Waals surface area contributed by atoms with Crippen LogP contribution in [0, 0.1) is 17.2 Å². The number of esters is 2. The van der Waals surface area contributed by atoms with Gasteiger partial charge in [-0.3, -0.25) is 18.8 Å². The lowest BCUT2D eigenvalue weighted by Crippen LogP contribution is -2.41. The third-order valence-corrected chi connectivity index (χ3v) is 9.16. The van der Waals surface area contributed by atoms with Crippen molar-refractivity contribution in [3.63, 3.8) is 0 Å². The molecule has 4 rings (SSSR count). The molecule has 6 atom stereocenters. The maximum absolute atomic E-state index is 13.8. The van der Waals surface area contributed by atoms with E-state index in [4.69, 9.17) is 29.0 Å². The molecule has 46 heavy (non-hydrogen) atoms. The lowest BCUT2D eigenvalue weighted by Gasteiger charge is -2.25. The molecule has 0 radical (unpaired) electrons. The topological polar surface area (TPSA) is 243 Å². The maximum atomic E-state index is 13.8. The Hall–Kier alpha value is -4.01. The molecule has 0 bridgehead atoms. The maximum Gasteiger partial charge on any atom is 0.409 e. The van der Waals surface area contributed by atoms with Gasteiger partial charge in [-0.05, 0) is 37.1 Å². The summed E-state index contributed by atoms with van der Waals surface area (Å²) in [4.78, 5) is 32.8. The van der Waals surface area contributed by atoms with E-state index in [9.17, 15) is 29.6 Å². The first kappa shape index (κ1) is 34.9. The van der Waals surface area contributed by atoms with Crippen molar-refractivity contribution >= 4 is 31.0 Å². The molecule has 248 valence electrons. The summed E-state index contributed by atoms with van der Waals surface area (Å²) in [6.07, 6.45) is 0.476. The molecule has 1 fully saturated rings. The fourth-order valence-electron chi connectivity index (χ4n) is 4.69. The van der Waals surface area contributed by atoms with Crippen LogP contribution in [0.15, 0.2) is 43.0 Å². The standard InChI is InChI=1S/C28H36N7O10P/c1-4-18(5-2)12-41-26(38)17(3)34-46(40,44-16-42-27(39)19-7-6-10-31-11-19)43-13-21-23(36)24(37)28(14-29,45-21)22-9-8-20-25(30)32-15-33-35(20)22/h6-11,15,17-18,21,23-24,36-37H,4-5,12-13,16H2,1-3H3,(H,34,40)(H2,30,32,33)/t17-,21+,23+,24+,28-,46?/m0/s1. The number of carbonyl (C=O) groups excluding carboxylic acids is 2. The fourth-order valence-corrected chi connectivity index (χ4v) is 6.03. The summed E-state index contributed by atoms with van der Waals surface area (Å²) in [6.45, 7) is 3.86. The zero-order chi connectivity index (χ0) is 33.5. The van der Waals surface area contributed by atoms with Gasteiger partial charge in [-0.15, -0.1) is 0 Å². The molecule has 3 aromatic heterocycles. The average Bonchev–Trinajstić information content (AvgIpc) is 3.60. The van der Waals surface area contributed by atoms with E-state index in [1.54, 1.807) is 0 Å². The number of hydrogen-bond donors (Lipinski definition) is 4. The molecule has 4 heterocycles. The molecular weight excluding hydrogens is 625 g/mol. The van der Waals surface area contributed by atoms with Crippen LogP contribution < -0.4 is 10.8 Å². The number of ether oxygens (including phenoxy) is 3. The highest BCUT2D eigenvalue weighted by atomic mass is 31.2. The zero-order valence-corrected chi connectivity index (χ0v) is 26.3. The summed E-state index contributed by atoms with van der Waals surface area (Å²) >= 11 is 0. The first-order valence-corrected chi connectivity index (χ1v) is 16.0. The second kappa shape index (κ2) is 15.1. The number of aromatic nitrogens is 4. The number of nitriles is 1. The number of aliphatic hydroxyl groups is 2. The second-order valence-corrected chi connectivity index (χ2v) is 12.2. The summed E-state index contributed by atoms with van der Waals surface area (Å²) in [5.41, 5.74) is 4.21. The number of carbonyl (C=O) groups is 2. The van der Waals surface area contributed by atoms with Gasteiger partial charge in [-0.25, -0.2) is 23.9 Å². The third kappa shape index (κ3) is 7.51. The number of nitrogens with one attached hydrogen (secondary N) is 1. The number of nitrogens with two attached hydrogens (primary N) is 1. The first-order valence-electron chi connectivity index (χ1n) is 14.4. The summed E-state index contributed by atoms with van der Waals surface area (Å²) in [7, 11) is -4.53. The molecule has 1 aliphatic rings. The quantitative estimate of drug-likeness (QED) is 0.102. The Kier molecular flexibility index (Phi) is 11.4. The van der Waals surface area contributed by atoms with Crippen LogP contribution in [0.5, 0.6) is 0 Å². The number of hydrogen-bond acceptors (Lipinski definition) is 15. The molecule has 1 aliphatic heterocycles. The minimum atomic E-state index is -4.53. The number of anilines is 1. The van der Waals surface area contributed by atoms with Crippen molar-refractivity contribution in [2.24, 2.45) is 5.92 Å². The van der Waals surface area contributed by atoms with Crippen LogP contribution in [0.2, 0.25) is 0 Å². The highest BCUT2D eigenvalue weighted by molar-refractivity contribution is 7.51. The van der Waals surface area contributed by atoms with Crippen LogP contribution in [0.1, 0.15) is 49.7 Å². The van der Waals surface area contributed by atoms with Crippen molar-refractivity contribution in [2.75, 3.05) is 25.7 Å². The van der Waals surface area contributed by atoms with E-state index in [2.05, 4.69) is 20.2 Å². The van der Waals surface area contributed by atoms with Crippen molar-refractivity contribution in [2.45, 2.75) is 63.6 Å². The Morgan fingerprint density at radius 2 is 2.00 bits per heavy atom. The molecule has 0 aliphatic carbocycles. The van der Waals surface area contributed by atoms with Gasteiger partial charge in [0.2, 0.25) is 12.4 Å². The normalized spacial score (nSPS) is 23.1. The molecular formula is C28H36N7O10P. The zero-order valence-electron chi connectivity index (χ0n) is 25.4. The van der Waals surface area contributed by atoms with Crippen LogP contribution in [0.4, 0.5) is 5.82 Å². The number of fused-ring (bicyclic) bond motifs is 1. The lowest BCUT2D eigenvalue weighted by atomic mass is 9.92. The van der Waals surface area contributed by atoms with Gasteiger partial charge in [-0.1, -0.05) is 26.7 Å². The molecule has 5 N–H and O–H groups in total. The van der Waals surface area contributed by atoms with Crippen molar-refractivity contribution in [3.8, 4) is 6.07 Å². The predicted molar refractivity (Wildman–Crippen MR) is 158 cm³/mol. The second-order valence-electron chi connectivity index (χ2n) is 10.5. The number of rotatable bonds is 15. The molecule has 0 aromatic carbocycles. The molecule has 1 saturated heterocycles. The predicted octanol–water partition coefficient (Wildman–Crippen LogP) is 1.46. The van der Waals surface area contributed by atoms with Gasteiger partial charge in [-0.2, -0.15) is 10.4 Å². The Morgan fingerprint density at radius 1 is 1.24 bits per heavy atom. The summed E-state index contributed by atoms with van der Waals surface area (Å²) < 4.78 is 42.2. The molecule has 3 aromatic rings. The van der Waals surface area contributed by atoms with E-state index in [-0.39, 0.29) is 29.6 Å². The van der Waals surface area contributed by atoms with Gasteiger partial charge >= 0.3 is 19.7 Å². The van der Waals surface area contributed by atoms with Gasteiger partial charge in [0.25, 0.3) is 0 Å². The van der Waals surface area contributed by atoms with Gasteiger partial charge in [0.15, 0.2) is 5.82 Å². The van der Waals surface area contributed by atoms with E-state index in [1.165, 1.54) is 48.1 Å². The summed E-state index contributed by atoms with van der Waals surface area (Å²) in [5.74, 6) is -1.35. The molecule has 0 spiro atoms. The van der Waals surface area contributed by atoms with Crippen LogP contribution in [-0.4, -0.2) is 86.1 Å². The number of nitrogen functional groups attached to an aromatic ring is 1. The fraction of sp³-hybridized carbons (Fsp3) is 0.500. The number of pyridine rings is 1. The number of aliphatic hydroxyl groups excluding tert-OH is 2. The first-order chi connectivity index (χ1) is 22.0. The van der Waals surface area contributed by atoms with Crippen molar-refractivity contribution in [3.05, 3.63) is 54.2 Å². The lowest BCUT2D eigenvalue weighted by molar-refractivity contribution is -0.146. The van der Waals surface area contributed by atoms with E-state index in [0.29, 0.717) is 5.52 Å². The van der Waals surface area contributed by atoms with Crippen LogP contribution in [-0.2, 0) is 38.2 Å². The monoisotopic (exact) mass is 661 g/mol. The van der Waals surface area contributed by atoms with E-state index in [0.717, 1.165) is 19.2 Å². The van der Waals surface area contributed by atoms with E-state index in [1.807, 2.05) is 19.9 Å². The van der Waals surface area contributed by atoms with Crippen molar-refractivity contribution in [1.29, 1.82) is 5.26 Å². The highest BCUT2D eigenvalue weighted by Crippen LogP contribution is 2.47. The minimum absolute atomic E-state index is 0.0434. The molecule has 0 amide bonds. The Bertz CT molecular complexity index is 1600. The number of nitrogens with zero attached hydrogens (tertiary/aromatic N) is 5. The van der Waals surface area contributed by atoms with Crippen molar-refractivity contribution < 1.29 is 47.6 Å². The van der Waals surface area contributed by atoms with Crippen molar-refractivity contribution in [1.82, 2.24) is 24.7 Å². The minimum Gasteiger partial charge on any atom is -0.464 e. The Labute approximate surface area is 264 Å².